The van der Waals surface area contributed by atoms with Crippen LogP contribution < -0.4 is 10.6 Å². The summed E-state index contributed by atoms with van der Waals surface area (Å²) in [5, 5.41) is 25.2. The summed E-state index contributed by atoms with van der Waals surface area (Å²) >= 11 is 5.05. The molecule has 9 nitrogen and oxygen atoms in total. The molecule has 29 heavy (non-hydrogen) atoms. The molecule has 1 heterocycles. The number of aromatic carboxylic acids is 1. The van der Waals surface area contributed by atoms with E-state index in [0.717, 1.165) is 0 Å². The van der Waals surface area contributed by atoms with Crippen LogP contribution in [0.3, 0.4) is 0 Å². The van der Waals surface area contributed by atoms with Gasteiger partial charge in [0.25, 0.3) is 11.6 Å². The van der Waals surface area contributed by atoms with Crippen LogP contribution >= 0.6 is 12.2 Å². The minimum Gasteiger partial charge on any atom is -0.478 e. The zero-order valence-electron chi connectivity index (χ0n) is 14.6. The molecule has 0 aliphatic heterocycles. The van der Waals surface area contributed by atoms with E-state index in [0.29, 0.717) is 0 Å². The van der Waals surface area contributed by atoms with Crippen molar-refractivity contribution in [3.8, 4) is 11.3 Å². The van der Waals surface area contributed by atoms with E-state index in [2.05, 4.69) is 10.6 Å². The number of para-hydroxylation sites is 2. The van der Waals surface area contributed by atoms with Gasteiger partial charge in [0.15, 0.2) is 10.9 Å². The zero-order chi connectivity index (χ0) is 21.0. The largest absolute Gasteiger partial charge is 0.478 e. The summed E-state index contributed by atoms with van der Waals surface area (Å²) in [5.41, 5.74) is 0.273. The molecule has 0 fully saturated rings. The summed E-state index contributed by atoms with van der Waals surface area (Å²) in [6, 6.07) is 14.8. The van der Waals surface area contributed by atoms with Gasteiger partial charge in [0, 0.05) is 6.07 Å². The third-order valence-corrected chi connectivity index (χ3v) is 4.03. The van der Waals surface area contributed by atoms with Crippen LogP contribution in [0.5, 0.6) is 0 Å². The molecule has 146 valence electrons. The fourth-order valence-corrected chi connectivity index (χ4v) is 2.75. The Bertz CT molecular complexity index is 1120. The van der Waals surface area contributed by atoms with E-state index in [9.17, 15) is 24.8 Å². The Labute approximate surface area is 169 Å². The van der Waals surface area contributed by atoms with Gasteiger partial charge in [0.05, 0.1) is 21.7 Å². The highest BCUT2D eigenvalue weighted by molar-refractivity contribution is 7.80. The first-order valence-electron chi connectivity index (χ1n) is 8.15. The van der Waals surface area contributed by atoms with Crippen molar-refractivity contribution in [1.29, 1.82) is 0 Å². The molecule has 0 saturated carbocycles. The highest BCUT2D eigenvalue weighted by Gasteiger charge is 2.20. The number of carboxylic acids is 1. The van der Waals surface area contributed by atoms with Crippen molar-refractivity contribution in [2.75, 3.05) is 5.32 Å². The maximum Gasteiger partial charge on any atom is 0.337 e. The highest BCUT2D eigenvalue weighted by atomic mass is 32.1. The molecule has 0 aliphatic rings. The molecule has 1 aromatic heterocycles. The normalized spacial score (nSPS) is 10.2. The summed E-state index contributed by atoms with van der Waals surface area (Å²) in [6.45, 7) is 0. The van der Waals surface area contributed by atoms with E-state index >= 15 is 0 Å². The molecule has 0 spiro atoms. The van der Waals surface area contributed by atoms with Gasteiger partial charge >= 0.3 is 5.97 Å². The number of hydrogen-bond donors (Lipinski definition) is 3. The Morgan fingerprint density at radius 1 is 1.03 bits per heavy atom. The number of hydrogen-bond acceptors (Lipinski definition) is 6. The van der Waals surface area contributed by atoms with Gasteiger partial charge in [-0.15, -0.1) is 0 Å². The molecule has 0 saturated heterocycles. The standard InChI is InChI=1S/C19H13N3O6S/c23-17(21-19(29)20-13-7-3-1-5-11(13)18(24)25)16-10-9-15(28-16)12-6-2-4-8-14(12)22(26)27/h1-10H,(H,24,25)(H2,20,21,23,29). The van der Waals surface area contributed by atoms with Gasteiger partial charge in [-0.05, 0) is 42.5 Å². The second kappa shape index (κ2) is 8.31. The number of thiocarbonyl (C=S) groups is 1. The van der Waals surface area contributed by atoms with Crippen LogP contribution in [0.1, 0.15) is 20.9 Å². The van der Waals surface area contributed by atoms with Gasteiger partial charge in [-0.25, -0.2) is 4.79 Å². The molecule has 3 aromatic rings. The van der Waals surface area contributed by atoms with Crippen LogP contribution in [0.2, 0.25) is 0 Å². The fraction of sp³-hybridized carbons (Fsp3) is 0. The average molecular weight is 411 g/mol. The number of amides is 1. The molecule has 0 bridgehead atoms. The summed E-state index contributed by atoms with van der Waals surface area (Å²) < 4.78 is 5.44. The predicted molar refractivity (Wildman–Crippen MR) is 108 cm³/mol. The topological polar surface area (TPSA) is 135 Å². The summed E-state index contributed by atoms with van der Waals surface area (Å²) in [7, 11) is 0. The Balaban J connectivity index is 1.74. The lowest BCUT2D eigenvalue weighted by Crippen LogP contribution is -2.34. The third kappa shape index (κ3) is 4.45. The van der Waals surface area contributed by atoms with Gasteiger partial charge in [-0.3, -0.25) is 20.2 Å². The van der Waals surface area contributed by atoms with Crippen molar-refractivity contribution in [3.63, 3.8) is 0 Å². The average Bonchev–Trinajstić information content (AvgIpc) is 3.18. The number of nitro groups is 1. The lowest BCUT2D eigenvalue weighted by Gasteiger charge is -2.10. The smallest absolute Gasteiger partial charge is 0.337 e. The quantitative estimate of drug-likeness (QED) is 0.329. The van der Waals surface area contributed by atoms with Crippen LogP contribution in [0.15, 0.2) is 65.1 Å². The number of carbonyl (C=O) groups is 2. The van der Waals surface area contributed by atoms with Gasteiger partial charge in [0.2, 0.25) is 0 Å². The number of carbonyl (C=O) groups excluding carboxylic acids is 1. The second-order valence-corrected chi connectivity index (χ2v) is 6.11. The predicted octanol–water partition coefficient (Wildman–Crippen LogP) is 3.68. The monoisotopic (exact) mass is 411 g/mol. The molecular formula is C19H13N3O6S. The van der Waals surface area contributed by atoms with Crippen molar-refractivity contribution in [2.45, 2.75) is 0 Å². The van der Waals surface area contributed by atoms with Crippen molar-refractivity contribution >= 4 is 40.6 Å². The van der Waals surface area contributed by atoms with Gasteiger partial charge < -0.3 is 14.8 Å². The lowest BCUT2D eigenvalue weighted by molar-refractivity contribution is -0.384. The van der Waals surface area contributed by atoms with Gasteiger partial charge in [-0.2, -0.15) is 0 Å². The molecule has 0 atom stereocenters. The first kappa shape index (κ1) is 19.7. The Hall–Kier alpha value is -4.05. The van der Waals surface area contributed by atoms with Crippen molar-refractivity contribution in [3.05, 3.63) is 82.1 Å². The van der Waals surface area contributed by atoms with E-state index in [-0.39, 0.29) is 39.1 Å². The number of nitrogens with one attached hydrogen (secondary N) is 2. The first-order valence-corrected chi connectivity index (χ1v) is 8.56. The van der Waals surface area contributed by atoms with Crippen LogP contribution in [0.4, 0.5) is 11.4 Å². The Kier molecular flexibility index (Phi) is 5.65. The number of rotatable bonds is 5. The van der Waals surface area contributed by atoms with E-state index in [1.807, 2.05) is 0 Å². The number of nitro benzene ring substituents is 1. The maximum absolute atomic E-state index is 12.3. The number of furan rings is 1. The van der Waals surface area contributed by atoms with Crippen molar-refractivity contribution < 1.29 is 24.0 Å². The minimum atomic E-state index is -1.15. The van der Waals surface area contributed by atoms with Gasteiger partial charge in [-0.1, -0.05) is 24.3 Å². The second-order valence-electron chi connectivity index (χ2n) is 5.70. The number of anilines is 1. The molecule has 0 unspecified atom stereocenters. The summed E-state index contributed by atoms with van der Waals surface area (Å²) in [5.74, 6) is -1.81. The van der Waals surface area contributed by atoms with Crippen molar-refractivity contribution in [1.82, 2.24) is 5.32 Å². The molecule has 0 aliphatic carbocycles. The molecule has 3 rings (SSSR count). The lowest BCUT2D eigenvalue weighted by atomic mass is 10.1. The number of carboxylic acid groups (broad SMARTS) is 1. The van der Waals surface area contributed by atoms with Gasteiger partial charge in [0.1, 0.15) is 5.76 Å². The minimum absolute atomic E-state index is 0.0132. The molecule has 0 radical (unpaired) electrons. The Morgan fingerprint density at radius 3 is 2.45 bits per heavy atom. The van der Waals surface area contributed by atoms with Crippen LogP contribution in [-0.2, 0) is 0 Å². The van der Waals surface area contributed by atoms with E-state index in [1.165, 1.54) is 42.5 Å². The molecule has 2 aromatic carbocycles. The fourth-order valence-electron chi connectivity index (χ4n) is 2.54. The number of nitrogens with zero attached hydrogens (tertiary/aromatic N) is 1. The molecular weight excluding hydrogens is 398 g/mol. The van der Waals surface area contributed by atoms with Crippen LogP contribution in [0, 0.1) is 10.1 Å². The maximum atomic E-state index is 12.3. The van der Waals surface area contributed by atoms with Crippen molar-refractivity contribution in [2.24, 2.45) is 0 Å². The summed E-state index contributed by atoms with van der Waals surface area (Å²) in [6.07, 6.45) is 0. The van der Waals surface area contributed by atoms with E-state index in [4.69, 9.17) is 16.6 Å². The van der Waals surface area contributed by atoms with Crippen LogP contribution in [-0.4, -0.2) is 27.0 Å². The third-order valence-electron chi connectivity index (χ3n) is 3.83. The zero-order valence-corrected chi connectivity index (χ0v) is 15.4. The van der Waals surface area contributed by atoms with E-state index in [1.54, 1.807) is 18.2 Å². The number of benzene rings is 2. The molecule has 10 heteroatoms. The SMILES string of the molecule is O=C(NC(=S)Nc1ccccc1C(=O)O)c1ccc(-c2ccccc2[N+](=O)[O-])o1. The van der Waals surface area contributed by atoms with E-state index < -0.39 is 16.8 Å². The molecule has 3 N–H and O–H groups in total. The Morgan fingerprint density at radius 2 is 1.72 bits per heavy atom. The first-order chi connectivity index (χ1) is 13.9. The molecule has 1 amide bonds. The van der Waals surface area contributed by atoms with Crippen LogP contribution in [0.25, 0.3) is 11.3 Å². The summed E-state index contributed by atoms with van der Waals surface area (Å²) in [4.78, 5) is 34.2. The highest BCUT2D eigenvalue weighted by Crippen LogP contribution is 2.30.